The monoisotopic (exact) mass is 526 g/mol. The second-order valence-corrected chi connectivity index (χ2v) is 10.7. The first kappa shape index (κ1) is 24.0. The molecule has 4 aromatic rings. The number of halogens is 3. The van der Waals surface area contributed by atoms with Crippen molar-refractivity contribution in [2.45, 2.75) is 20.9 Å². The molecule has 5 rings (SSSR count). The summed E-state index contributed by atoms with van der Waals surface area (Å²) in [5.74, 6) is -0.439. The van der Waals surface area contributed by atoms with Gasteiger partial charge in [-0.05, 0) is 60.7 Å². The number of para-hydroxylation sites is 2. The Labute approximate surface area is 209 Å². The summed E-state index contributed by atoms with van der Waals surface area (Å²) in [5.41, 5.74) is 0.228. The minimum absolute atomic E-state index is 0.110. The molecule has 0 unspecified atom stereocenters. The molecule has 5 nitrogen and oxygen atoms in total. The Balaban J connectivity index is 1.50. The van der Waals surface area contributed by atoms with Crippen LogP contribution in [0.1, 0.15) is 15.9 Å². The van der Waals surface area contributed by atoms with Gasteiger partial charge in [-0.1, -0.05) is 48.2 Å². The molecule has 1 aliphatic heterocycles. The van der Waals surface area contributed by atoms with Gasteiger partial charge >= 0.3 is 6.18 Å². The van der Waals surface area contributed by atoms with E-state index in [1.807, 2.05) is 48.5 Å². The zero-order chi connectivity index (χ0) is 25.5. The van der Waals surface area contributed by atoms with Gasteiger partial charge in [0.2, 0.25) is 0 Å². The highest BCUT2D eigenvalue weighted by atomic mass is 32.2. The Bertz CT molecular complexity index is 1540. The van der Waals surface area contributed by atoms with Gasteiger partial charge in [-0.15, -0.1) is 0 Å². The molecule has 10 heteroatoms. The van der Waals surface area contributed by atoms with Crippen LogP contribution in [0.5, 0.6) is 0 Å². The van der Waals surface area contributed by atoms with Crippen LogP contribution < -0.4 is 9.62 Å². The molecule has 0 radical (unpaired) electrons. The quantitative estimate of drug-likeness (QED) is 0.313. The van der Waals surface area contributed by atoms with E-state index in [1.165, 1.54) is 47.0 Å². The van der Waals surface area contributed by atoms with Crippen LogP contribution in [0.3, 0.4) is 0 Å². The molecule has 1 aliphatic rings. The second-order valence-electron chi connectivity index (χ2n) is 7.89. The Morgan fingerprint density at radius 1 is 0.778 bits per heavy atom. The molecule has 0 spiro atoms. The van der Waals surface area contributed by atoms with Crippen molar-refractivity contribution in [1.82, 2.24) is 0 Å². The van der Waals surface area contributed by atoms with Gasteiger partial charge in [0.15, 0.2) is 0 Å². The Morgan fingerprint density at radius 2 is 1.39 bits per heavy atom. The number of alkyl halides is 3. The highest BCUT2D eigenvalue weighted by molar-refractivity contribution is 7.99. The van der Waals surface area contributed by atoms with Crippen molar-refractivity contribution in [3.63, 3.8) is 0 Å². The summed E-state index contributed by atoms with van der Waals surface area (Å²) in [4.78, 5) is 16.7. The number of carbonyl (C=O) groups is 1. The van der Waals surface area contributed by atoms with Crippen LogP contribution in [-0.4, -0.2) is 14.3 Å². The van der Waals surface area contributed by atoms with Gasteiger partial charge in [-0.2, -0.15) is 13.2 Å². The number of hydrogen-bond acceptors (Lipinski definition) is 4. The Morgan fingerprint density at radius 3 is 2.03 bits per heavy atom. The summed E-state index contributed by atoms with van der Waals surface area (Å²) in [7, 11) is -4.28. The third-order valence-electron chi connectivity index (χ3n) is 5.47. The minimum Gasteiger partial charge on any atom is -0.280 e. The standard InChI is InChI=1S/C26H17F3N2O3S2/c27-26(28,29)18-8-6-9-19(16-18)30-36(33,34)20-10-5-7-17(15-20)25(32)31-21-11-1-3-13-23(21)35-24-14-4-2-12-22(24)31/h1-16,30H. The lowest BCUT2D eigenvalue weighted by Crippen LogP contribution is -2.28. The maximum absolute atomic E-state index is 13.7. The number of nitrogens with one attached hydrogen (secondary N) is 1. The van der Waals surface area contributed by atoms with E-state index in [9.17, 15) is 26.4 Å². The lowest BCUT2D eigenvalue weighted by atomic mass is 10.1. The van der Waals surface area contributed by atoms with Gasteiger partial charge < -0.3 is 0 Å². The molecule has 0 atom stereocenters. The van der Waals surface area contributed by atoms with Crippen molar-refractivity contribution < 1.29 is 26.4 Å². The number of fused-ring (bicyclic) bond motifs is 2. The third kappa shape index (κ3) is 4.57. The van der Waals surface area contributed by atoms with Crippen LogP contribution in [0, 0.1) is 0 Å². The molecule has 0 bridgehead atoms. The summed E-state index contributed by atoms with van der Waals surface area (Å²) in [6.45, 7) is 0. The lowest BCUT2D eigenvalue weighted by Gasteiger charge is -2.31. The number of amides is 1. The first-order valence-electron chi connectivity index (χ1n) is 10.6. The minimum atomic E-state index is -4.62. The van der Waals surface area contributed by atoms with E-state index >= 15 is 0 Å². The van der Waals surface area contributed by atoms with Gasteiger partial charge in [0.25, 0.3) is 15.9 Å². The number of nitrogens with zero attached hydrogens (tertiary/aromatic N) is 1. The van der Waals surface area contributed by atoms with Crippen LogP contribution in [0.2, 0.25) is 0 Å². The lowest BCUT2D eigenvalue weighted by molar-refractivity contribution is -0.137. The number of carbonyl (C=O) groups excluding carboxylic acids is 1. The number of hydrogen-bond donors (Lipinski definition) is 1. The normalized spacial score (nSPS) is 13.0. The second kappa shape index (κ2) is 9.03. The molecule has 36 heavy (non-hydrogen) atoms. The summed E-state index contributed by atoms with van der Waals surface area (Å²) in [6.07, 6.45) is -4.62. The van der Waals surface area contributed by atoms with E-state index < -0.39 is 27.7 Å². The van der Waals surface area contributed by atoms with Crippen LogP contribution in [0.25, 0.3) is 0 Å². The molecular weight excluding hydrogens is 509 g/mol. The number of anilines is 3. The van der Waals surface area contributed by atoms with E-state index in [-0.39, 0.29) is 16.1 Å². The van der Waals surface area contributed by atoms with E-state index in [0.717, 1.165) is 21.9 Å². The van der Waals surface area contributed by atoms with Gasteiger partial charge in [0.1, 0.15) is 0 Å². The Kier molecular flexibility index (Phi) is 6.01. The fourth-order valence-corrected chi connectivity index (χ4v) is 5.97. The van der Waals surface area contributed by atoms with E-state index in [0.29, 0.717) is 17.4 Å². The topological polar surface area (TPSA) is 66.5 Å². The molecule has 1 N–H and O–H groups in total. The van der Waals surface area contributed by atoms with Gasteiger partial charge in [0, 0.05) is 21.0 Å². The van der Waals surface area contributed by atoms with Crippen molar-refractivity contribution in [3.8, 4) is 0 Å². The van der Waals surface area contributed by atoms with E-state index in [2.05, 4.69) is 4.72 Å². The highest BCUT2D eigenvalue weighted by Gasteiger charge is 2.31. The summed E-state index contributed by atoms with van der Waals surface area (Å²) in [6, 6.07) is 24.1. The molecule has 0 saturated heterocycles. The van der Waals surface area contributed by atoms with Crippen LogP contribution in [0.15, 0.2) is 112 Å². The van der Waals surface area contributed by atoms with Crippen LogP contribution in [-0.2, 0) is 16.2 Å². The van der Waals surface area contributed by atoms with Crippen LogP contribution in [0.4, 0.5) is 30.2 Å². The third-order valence-corrected chi connectivity index (χ3v) is 7.98. The maximum atomic E-state index is 13.7. The molecule has 0 aliphatic carbocycles. The largest absolute Gasteiger partial charge is 0.416 e. The first-order valence-corrected chi connectivity index (χ1v) is 12.9. The predicted octanol–water partition coefficient (Wildman–Crippen LogP) is 6.95. The summed E-state index contributed by atoms with van der Waals surface area (Å²) in [5, 5.41) is 0. The zero-order valence-corrected chi connectivity index (χ0v) is 20.0. The number of rotatable bonds is 4. The fraction of sp³-hybridized carbons (Fsp3) is 0.0385. The Hall–Kier alpha value is -3.76. The van der Waals surface area contributed by atoms with Crippen molar-refractivity contribution in [2.24, 2.45) is 0 Å². The highest BCUT2D eigenvalue weighted by Crippen LogP contribution is 2.48. The molecule has 1 amide bonds. The van der Waals surface area contributed by atoms with Crippen LogP contribution >= 0.6 is 11.8 Å². The molecule has 182 valence electrons. The van der Waals surface area contributed by atoms with Crippen molar-refractivity contribution in [2.75, 3.05) is 9.62 Å². The summed E-state index contributed by atoms with van der Waals surface area (Å²) < 4.78 is 67.2. The van der Waals surface area contributed by atoms with Crippen molar-refractivity contribution >= 4 is 44.8 Å². The average molecular weight is 527 g/mol. The van der Waals surface area contributed by atoms with E-state index in [1.54, 1.807) is 0 Å². The molecule has 0 fully saturated rings. The van der Waals surface area contributed by atoms with E-state index in [4.69, 9.17) is 0 Å². The molecule has 0 aromatic heterocycles. The first-order chi connectivity index (χ1) is 17.1. The van der Waals surface area contributed by atoms with Gasteiger partial charge in [-0.25, -0.2) is 8.42 Å². The average Bonchev–Trinajstić information content (AvgIpc) is 2.86. The van der Waals surface area contributed by atoms with Crippen molar-refractivity contribution in [3.05, 3.63) is 108 Å². The number of sulfonamides is 1. The van der Waals surface area contributed by atoms with Gasteiger partial charge in [-0.3, -0.25) is 14.4 Å². The number of benzene rings is 4. The molecule has 1 heterocycles. The molecule has 0 saturated carbocycles. The fourth-order valence-electron chi connectivity index (χ4n) is 3.82. The summed E-state index contributed by atoms with van der Waals surface area (Å²) >= 11 is 1.53. The smallest absolute Gasteiger partial charge is 0.280 e. The van der Waals surface area contributed by atoms with Gasteiger partial charge in [0.05, 0.1) is 21.8 Å². The SMILES string of the molecule is O=C(c1cccc(S(=O)(=O)Nc2cccc(C(F)(F)F)c2)c1)N1c2ccccc2Sc2ccccc21. The predicted molar refractivity (Wildman–Crippen MR) is 132 cm³/mol. The molecule has 4 aromatic carbocycles. The molecular formula is C26H17F3N2O3S2. The maximum Gasteiger partial charge on any atom is 0.416 e. The van der Waals surface area contributed by atoms with Crippen molar-refractivity contribution in [1.29, 1.82) is 0 Å². The zero-order valence-electron chi connectivity index (χ0n) is 18.4.